The Kier molecular flexibility index (Phi) is 34.0. The number of halogens is 46. The molecule has 2 atom stereocenters. The van der Waals surface area contributed by atoms with E-state index in [0.29, 0.717) is 0 Å². The normalized spacial score (nSPS) is 15.3. The third kappa shape index (κ3) is 27.4. The largest absolute Gasteiger partial charge is 0.465 e. The van der Waals surface area contributed by atoms with E-state index < -0.39 is 258 Å². The Morgan fingerprint density at radius 1 is 0.327 bits per heavy atom. The highest BCUT2D eigenvalue weighted by atomic mass is 35.5. The van der Waals surface area contributed by atoms with Crippen molar-refractivity contribution in [3.63, 3.8) is 0 Å². The van der Waals surface area contributed by atoms with Crippen LogP contribution in [0.5, 0.6) is 0 Å². The highest BCUT2D eigenvalue weighted by Gasteiger charge is 2.86. The van der Waals surface area contributed by atoms with Crippen LogP contribution in [-0.4, -0.2) is 199 Å². The molecule has 0 radical (unpaired) electrons. The van der Waals surface area contributed by atoms with Crippen molar-refractivity contribution in [2.24, 2.45) is 5.73 Å². The molecule has 0 fully saturated rings. The smallest absolute Gasteiger partial charge is 0.460 e. The molecule has 620 valence electrons. The predicted octanol–water partition coefficient (Wildman–Crippen LogP) is 18.1. The van der Waals surface area contributed by atoms with Crippen molar-refractivity contribution in [2.45, 2.75) is 222 Å². The third-order valence-electron chi connectivity index (χ3n) is 11.7. The molecule has 0 saturated heterocycles. The summed E-state index contributed by atoms with van der Waals surface area (Å²) in [6, 6.07) is -4.93. The van der Waals surface area contributed by atoms with Gasteiger partial charge in [0.2, 0.25) is 0 Å². The van der Waals surface area contributed by atoms with Gasteiger partial charge >= 0.3 is 126 Å². The van der Waals surface area contributed by atoms with Gasteiger partial charge in [0.25, 0.3) is 23.7 Å². The summed E-state index contributed by atoms with van der Waals surface area (Å²) in [5.41, 5.74) is 3.58. The SMILES string of the molecule is CC(C)(C)OC(=O)NC(CC(=O)OCCC(F)(F)CC(F)(F)C(F)(F)C(F)(F)C(F)(F)F)C(=O)OCCC(F)(F)CC(F)(F)C(F)(F)C(F)(F)C(F)(F)F.ClCCl.NC(CC(=O)OCCC(F)(F)CC(F)(F)C(F)(F)C(F)(F)C(F)(F)F)C(=O)OCCC(F)(F)CC(F)(F)C(F)(F)C(F)(F)C(F)(F)F. The van der Waals surface area contributed by atoms with Crippen LogP contribution in [-0.2, 0) is 42.9 Å². The minimum absolute atomic E-state index is 0.194. The molecular formula is C46H44Cl2F44N2O10. The monoisotopic (exact) mass is 1690 g/mol. The van der Waals surface area contributed by atoms with E-state index >= 15 is 0 Å². The first-order chi connectivity index (χ1) is 45.1. The van der Waals surface area contributed by atoms with Gasteiger partial charge in [0, 0.05) is 25.7 Å². The number of nitrogens with two attached hydrogens (primary N) is 1. The quantitative estimate of drug-likeness (QED) is 0.0268. The molecule has 0 aliphatic rings. The fraction of sp³-hybridized carbons (Fsp3) is 0.891. The van der Waals surface area contributed by atoms with Gasteiger partial charge in [0.15, 0.2) is 0 Å². The number of esters is 4. The number of carbonyl (C=O) groups excluding carboxylic acids is 5. The van der Waals surface area contributed by atoms with E-state index in [-0.39, 0.29) is 5.34 Å². The maximum absolute atomic E-state index is 14.0. The van der Waals surface area contributed by atoms with E-state index in [1.54, 1.807) is 0 Å². The lowest BCUT2D eigenvalue weighted by Crippen LogP contribution is -2.61. The Morgan fingerprint density at radius 2 is 0.529 bits per heavy atom. The van der Waals surface area contributed by atoms with E-state index in [9.17, 15) is 217 Å². The van der Waals surface area contributed by atoms with Crippen molar-refractivity contribution in [1.29, 1.82) is 0 Å². The molecule has 0 saturated carbocycles. The zero-order valence-electron chi connectivity index (χ0n) is 50.3. The van der Waals surface area contributed by atoms with Crippen LogP contribution in [0.2, 0.25) is 0 Å². The molecule has 0 aromatic heterocycles. The van der Waals surface area contributed by atoms with Gasteiger partial charge in [0.1, 0.15) is 17.7 Å². The van der Waals surface area contributed by atoms with Gasteiger partial charge in [0.05, 0.1) is 70.3 Å². The Balaban J connectivity index is -0.00000191. The molecule has 0 heterocycles. The van der Waals surface area contributed by atoms with Crippen LogP contribution in [0.15, 0.2) is 0 Å². The lowest BCUT2D eigenvalue weighted by atomic mass is 9.97. The zero-order chi connectivity index (χ0) is 84.4. The first kappa shape index (κ1) is 103. The summed E-state index contributed by atoms with van der Waals surface area (Å²) in [5.74, 6) is -116. The first-order valence-electron chi connectivity index (χ1n) is 26.0. The standard InChI is InChI=1S/C25H25F22NO6.C20H17F22NO4.CH2Cl2/c1-15(2,3)54-14(51)48-11(13(50)53-7-5-17(28,29)10-19(32,33)21(36,37)23(40,41)25(45,46)47)8-12(49)52-6-4-16(26,27)9-18(30,31)20(34,35)22(38,39)24(42,43)44;21-11(22,6-13(25,26)15(29,30)17(33,34)19(37,38)39)1-3-46-9(44)5-8(43)10(45)47-4-2-12(23,24)7-14(27,28)16(31,32)18(35,36)20(40,41)42;2-1-3/h11H,4-10H2,1-3H3,(H,48,51);8H,1-7,43H2;1H2. The van der Waals surface area contributed by atoms with Crippen LogP contribution in [0.1, 0.15) is 85.0 Å². The lowest BCUT2D eigenvalue weighted by Gasteiger charge is -2.35. The molecule has 0 rings (SSSR count). The van der Waals surface area contributed by atoms with Gasteiger partial charge in [-0.1, -0.05) is 0 Å². The van der Waals surface area contributed by atoms with Crippen molar-refractivity contribution in [1.82, 2.24) is 5.32 Å². The van der Waals surface area contributed by atoms with Gasteiger partial charge in [-0.15, -0.1) is 23.2 Å². The molecular weight excluding hydrogens is 1650 g/mol. The molecule has 0 aromatic rings. The predicted molar refractivity (Wildman–Crippen MR) is 251 cm³/mol. The molecule has 58 heteroatoms. The molecule has 2 unspecified atom stereocenters. The van der Waals surface area contributed by atoms with Gasteiger partial charge in [-0.25, -0.2) is 44.7 Å². The van der Waals surface area contributed by atoms with E-state index in [1.165, 1.54) is 26.1 Å². The molecule has 12 nitrogen and oxygen atoms in total. The second-order valence-corrected chi connectivity index (χ2v) is 22.4. The van der Waals surface area contributed by atoms with Gasteiger partial charge < -0.3 is 34.7 Å². The van der Waals surface area contributed by atoms with Crippen molar-refractivity contribution in [2.75, 3.05) is 31.8 Å². The summed E-state index contributed by atoms with van der Waals surface area (Å²) >= 11 is 9.53. The highest BCUT2D eigenvalue weighted by Crippen LogP contribution is 2.60. The molecule has 0 bridgehead atoms. The Labute approximate surface area is 558 Å². The molecule has 0 aliphatic carbocycles. The van der Waals surface area contributed by atoms with Gasteiger partial charge in [-0.2, -0.15) is 158 Å². The van der Waals surface area contributed by atoms with E-state index in [2.05, 4.69) is 23.7 Å². The number of alkyl carbamates (subject to hydrolysis) is 1. The van der Waals surface area contributed by atoms with Gasteiger partial charge in [-0.05, 0) is 20.8 Å². The lowest BCUT2D eigenvalue weighted by molar-refractivity contribution is -0.401. The summed E-state index contributed by atoms with van der Waals surface area (Å²) in [5, 5.41) is 1.69. The number of hydrogen-bond acceptors (Lipinski definition) is 11. The number of nitrogens with one attached hydrogen (secondary N) is 1. The fourth-order valence-corrected chi connectivity index (χ4v) is 6.36. The Bertz CT molecular complexity index is 2780. The average Bonchev–Trinajstić information content (AvgIpc) is 0.762. The maximum atomic E-state index is 14.0. The van der Waals surface area contributed by atoms with Crippen LogP contribution in [0.3, 0.4) is 0 Å². The summed E-state index contributed by atoms with van der Waals surface area (Å²) in [7, 11) is 0. The van der Waals surface area contributed by atoms with Crippen LogP contribution in [0.4, 0.5) is 198 Å². The van der Waals surface area contributed by atoms with Crippen molar-refractivity contribution in [3.8, 4) is 0 Å². The summed E-state index contributed by atoms with van der Waals surface area (Å²) in [6.07, 6.45) is -58.0. The summed E-state index contributed by atoms with van der Waals surface area (Å²) in [4.78, 5) is 59.5. The molecule has 0 spiro atoms. The number of rotatable bonds is 35. The second-order valence-electron chi connectivity index (χ2n) is 21.6. The molecule has 104 heavy (non-hydrogen) atoms. The summed E-state index contributed by atoms with van der Waals surface area (Å²) in [6.45, 7) is -3.90. The van der Waals surface area contributed by atoms with E-state index in [4.69, 9.17) is 28.9 Å². The molecule has 0 aliphatic heterocycles. The Morgan fingerprint density at radius 3 is 0.740 bits per heavy atom. The van der Waals surface area contributed by atoms with Crippen LogP contribution >= 0.6 is 23.2 Å². The number of ether oxygens (including phenoxy) is 5. The average molecular weight is 1690 g/mol. The number of amides is 1. The highest BCUT2D eigenvalue weighted by molar-refractivity contribution is 6.40. The second kappa shape index (κ2) is 34.5. The van der Waals surface area contributed by atoms with E-state index in [0.717, 1.165) is 0 Å². The Hall–Kier alpha value is -5.39. The van der Waals surface area contributed by atoms with Crippen LogP contribution in [0, 0.1) is 0 Å². The number of carbonyl (C=O) groups is 5. The number of alkyl halides is 46. The van der Waals surface area contributed by atoms with Crippen molar-refractivity contribution in [3.05, 3.63) is 0 Å². The minimum atomic E-state index is -7.54. The van der Waals surface area contributed by atoms with Crippen molar-refractivity contribution >= 4 is 53.2 Å². The van der Waals surface area contributed by atoms with E-state index in [1.807, 2.05) is 0 Å². The van der Waals surface area contributed by atoms with Crippen LogP contribution < -0.4 is 11.1 Å². The molecule has 1 amide bonds. The fourth-order valence-electron chi connectivity index (χ4n) is 6.36. The summed E-state index contributed by atoms with van der Waals surface area (Å²) < 4.78 is 593. The maximum Gasteiger partial charge on any atom is 0.460 e. The molecule has 0 aromatic carbocycles. The first-order valence-corrected chi connectivity index (χ1v) is 27.0. The zero-order valence-corrected chi connectivity index (χ0v) is 51.8. The minimum Gasteiger partial charge on any atom is -0.465 e. The van der Waals surface area contributed by atoms with Crippen molar-refractivity contribution < 1.29 is 241 Å². The van der Waals surface area contributed by atoms with Crippen LogP contribution in [0.25, 0.3) is 0 Å². The topological polar surface area (TPSA) is 170 Å². The number of hydrogen-bond donors (Lipinski definition) is 2. The van der Waals surface area contributed by atoms with Gasteiger partial charge in [-0.3, -0.25) is 14.4 Å². The molecule has 3 N–H and O–H groups in total. The third-order valence-corrected chi connectivity index (χ3v) is 11.7.